The fraction of sp³-hybridized carbons (Fsp3) is 0.0909. The van der Waals surface area contributed by atoms with Gasteiger partial charge in [0.2, 0.25) is 0 Å². The van der Waals surface area contributed by atoms with Gasteiger partial charge in [-0.15, -0.1) is 0 Å². The van der Waals surface area contributed by atoms with Crippen LogP contribution < -0.4 is 5.01 Å². The Kier molecular flexibility index (Phi) is 4.89. The number of carbonyl (C=O) groups excluding carboxylic acids is 2. The molecule has 1 aliphatic heterocycles. The molecule has 1 amide bonds. The number of ether oxygens (including phenoxy) is 1. The minimum atomic E-state index is -1.08. The van der Waals surface area contributed by atoms with E-state index in [2.05, 4.69) is 10.1 Å². The highest BCUT2D eigenvalue weighted by atomic mass is 16.5. The highest BCUT2D eigenvalue weighted by Gasteiger charge is 2.36. The van der Waals surface area contributed by atoms with E-state index in [9.17, 15) is 14.4 Å². The monoisotopic (exact) mass is 403 g/mol. The molecule has 2 aromatic carbocycles. The number of aromatic nitrogens is 1. The first kappa shape index (κ1) is 19.1. The first-order valence-corrected chi connectivity index (χ1v) is 9.21. The van der Waals surface area contributed by atoms with Crippen LogP contribution in [0.15, 0.2) is 65.4 Å². The van der Waals surface area contributed by atoms with Gasteiger partial charge in [-0.2, -0.15) is 10.1 Å². The van der Waals surface area contributed by atoms with E-state index in [0.29, 0.717) is 5.69 Å². The number of nitrogens with one attached hydrogen (secondary N) is 1. The lowest BCUT2D eigenvalue weighted by Gasteiger charge is -2.11. The van der Waals surface area contributed by atoms with E-state index in [0.717, 1.165) is 21.5 Å². The Hall–Kier alpha value is -4.20. The van der Waals surface area contributed by atoms with Gasteiger partial charge in [-0.3, -0.25) is 4.79 Å². The van der Waals surface area contributed by atoms with Crippen molar-refractivity contribution >= 4 is 46.2 Å². The van der Waals surface area contributed by atoms with Crippen molar-refractivity contribution in [3.05, 3.63) is 71.4 Å². The molecule has 150 valence electrons. The van der Waals surface area contributed by atoms with Gasteiger partial charge in [0.15, 0.2) is 5.71 Å². The summed E-state index contributed by atoms with van der Waals surface area (Å²) in [4.78, 5) is 39.8. The number of benzene rings is 2. The number of aromatic amines is 1. The number of hydrogen-bond donors (Lipinski definition) is 2. The van der Waals surface area contributed by atoms with Gasteiger partial charge < -0.3 is 14.8 Å². The number of fused-ring (bicyclic) bond motifs is 1. The van der Waals surface area contributed by atoms with Crippen LogP contribution in [-0.2, 0) is 14.3 Å². The van der Waals surface area contributed by atoms with E-state index in [1.54, 1.807) is 19.2 Å². The molecule has 0 radical (unpaired) electrons. The summed E-state index contributed by atoms with van der Waals surface area (Å²) in [5, 5.41) is 15.2. The molecule has 1 aromatic heterocycles. The molecule has 2 heterocycles. The van der Waals surface area contributed by atoms with Crippen LogP contribution in [0, 0.1) is 0 Å². The molecular formula is C22H17N3O5. The summed E-state index contributed by atoms with van der Waals surface area (Å²) in [6.07, 6.45) is 3.35. The van der Waals surface area contributed by atoms with Crippen LogP contribution in [0.5, 0.6) is 0 Å². The maximum Gasteiger partial charge on any atom is 0.359 e. The topological polar surface area (TPSA) is 112 Å². The van der Waals surface area contributed by atoms with E-state index in [4.69, 9.17) is 9.84 Å². The van der Waals surface area contributed by atoms with Crippen LogP contribution in [0.3, 0.4) is 0 Å². The number of hydrogen-bond acceptors (Lipinski definition) is 5. The van der Waals surface area contributed by atoms with Crippen LogP contribution in [0.1, 0.15) is 22.8 Å². The summed E-state index contributed by atoms with van der Waals surface area (Å²) < 4.78 is 5.07. The van der Waals surface area contributed by atoms with Gasteiger partial charge in [-0.1, -0.05) is 18.2 Å². The molecule has 0 unspecified atom stereocenters. The zero-order chi connectivity index (χ0) is 21.3. The number of esters is 1. The van der Waals surface area contributed by atoms with Gasteiger partial charge >= 0.3 is 11.9 Å². The minimum Gasteiger partial charge on any atom is -0.478 e. The van der Waals surface area contributed by atoms with E-state index in [-0.39, 0.29) is 23.5 Å². The third-order valence-corrected chi connectivity index (χ3v) is 4.63. The van der Waals surface area contributed by atoms with Crippen molar-refractivity contribution in [3.63, 3.8) is 0 Å². The highest BCUT2D eigenvalue weighted by Crippen LogP contribution is 2.28. The zero-order valence-electron chi connectivity index (χ0n) is 16.0. The second kappa shape index (κ2) is 7.67. The van der Waals surface area contributed by atoms with E-state index < -0.39 is 17.8 Å². The number of carbonyl (C=O) groups is 3. The van der Waals surface area contributed by atoms with Crippen molar-refractivity contribution in [2.75, 3.05) is 11.6 Å². The smallest absolute Gasteiger partial charge is 0.359 e. The Bertz CT molecular complexity index is 1220. The molecule has 8 nitrogen and oxygen atoms in total. The average molecular weight is 403 g/mol. The number of carboxylic acids is 1. The molecule has 0 bridgehead atoms. The predicted molar refractivity (Wildman–Crippen MR) is 111 cm³/mol. The lowest BCUT2D eigenvalue weighted by Crippen LogP contribution is -2.23. The molecule has 2 N–H and O–H groups in total. The SMILES string of the molecule is CCOC(=O)C1=NN(c2ccc(C(=O)O)cc2)C(=O)C1=Cc1c[nH]c2ccccc12. The number of para-hydroxylation sites is 1. The largest absolute Gasteiger partial charge is 0.478 e. The number of hydrazone groups is 1. The van der Waals surface area contributed by atoms with Crippen LogP contribution in [0.25, 0.3) is 17.0 Å². The molecule has 4 rings (SSSR count). The van der Waals surface area contributed by atoms with Crippen molar-refractivity contribution in [3.8, 4) is 0 Å². The average Bonchev–Trinajstić information content (AvgIpc) is 3.30. The zero-order valence-corrected chi connectivity index (χ0v) is 16.0. The van der Waals surface area contributed by atoms with Crippen LogP contribution >= 0.6 is 0 Å². The first-order chi connectivity index (χ1) is 14.5. The number of nitrogens with zero attached hydrogens (tertiary/aromatic N) is 2. The normalized spacial score (nSPS) is 15.0. The third kappa shape index (κ3) is 3.35. The molecule has 0 saturated carbocycles. The molecule has 0 atom stereocenters. The Labute approximate surface area is 171 Å². The van der Waals surface area contributed by atoms with Gasteiger partial charge in [0, 0.05) is 22.7 Å². The highest BCUT2D eigenvalue weighted by molar-refractivity contribution is 6.54. The van der Waals surface area contributed by atoms with Gasteiger partial charge in [0.1, 0.15) is 0 Å². The van der Waals surface area contributed by atoms with Gasteiger partial charge in [0.25, 0.3) is 5.91 Å². The number of amides is 1. The minimum absolute atomic E-state index is 0.0783. The van der Waals surface area contributed by atoms with Gasteiger partial charge in [0.05, 0.1) is 23.4 Å². The van der Waals surface area contributed by atoms with Gasteiger partial charge in [-0.25, -0.2) is 9.59 Å². The summed E-state index contributed by atoms with van der Waals surface area (Å²) >= 11 is 0. The number of aromatic carboxylic acids is 1. The van der Waals surface area contributed by atoms with Crippen LogP contribution in [0.2, 0.25) is 0 Å². The lowest BCUT2D eigenvalue weighted by molar-refractivity contribution is -0.135. The predicted octanol–water partition coefficient (Wildman–Crippen LogP) is 3.22. The Balaban J connectivity index is 1.77. The fourth-order valence-corrected chi connectivity index (χ4v) is 3.18. The van der Waals surface area contributed by atoms with Gasteiger partial charge in [-0.05, 0) is 43.3 Å². The Morgan fingerprint density at radius 3 is 2.60 bits per heavy atom. The fourth-order valence-electron chi connectivity index (χ4n) is 3.18. The molecular weight excluding hydrogens is 386 g/mol. The summed E-state index contributed by atoms with van der Waals surface area (Å²) in [6, 6.07) is 13.2. The number of rotatable bonds is 5. The lowest BCUT2D eigenvalue weighted by atomic mass is 10.1. The molecule has 30 heavy (non-hydrogen) atoms. The van der Waals surface area contributed by atoms with Crippen molar-refractivity contribution in [1.82, 2.24) is 4.98 Å². The molecule has 1 aliphatic rings. The summed E-state index contributed by atoms with van der Waals surface area (Å²) in [5.74, 6) is -2.29. The Morgan fingerprint density at radius 2 is 1.90 bits per heavy atom. The molecule has 8 heteroatoms. The van der Waals surface area contributed by atoms with Crippen molar-refractivity contribution in [2.24, 2.45) is 5.10 Å². The quantitative estimate of drug-likeness (QED) is 0.502. The molecule has 0 spiro atoms. The van der Waals surface area contributed by atoms with E-state index >= 15 is 0 Å². The second-order valence-corrected chi connectivity index (χ2v) is 6.49. The molecule has 0 saturated heterocycles. The molecule has 3 aromatic rings. The first-order valence-electron chi connectivity index (χ1n) is 9.21. The molecule has 0 fully saturated rings. The van der Waals surface area contributed by atoms with E-state index in [1.807, 2.05) is 24.3 Å². The standard InChI is InChI=1S/C22H17N3O5/c1-2-30-22(29)19-17(11-14-12-23-18-6-4-3-5-16(14)18)20(26)25(24-19)15-9-7-13(8-10-15)21(27)28/h3-12,23H,2H2,1H3,(H,27,28). The number of carboxylic acid groups (broad SMARTS) is 1. The Morgan fingerprint density at radius 1 is 1.17 bits per heavy atom. The number of anilines is 1. The maximum atomic E-state index is 13.1. The van der Waals surface area contributed by atoms with Crippen molar-refractivity contribution < 1.29 is 24.2 Å². The van der Waals surface area contributed by atoms with Crippen molar-refractivity contribution in [1.29, 1.82) is 0 Å². The number of H-pyrrole nitrogens is 1. The maximum absolute atomic E-state index is 13.1. The second-order valence-electron chi connectivity index (χ2n) is 6.49. The summed E-state index contributed by atoms with van der Waals surface area (Å²) in [6.45, 7) is 1.81. The van der Waals surface area contributed by atoms with Crippen molar-refractivity contribution in [2.45, 2.75) is 6.92 Å². The van der Waals surface area contributed by atoms with Crippen LogP contribution in [-0.4, -0.2) is 40.3 Å². The van der Waals surface area contributed by atoms with E-state index in [1.165, 1.54) is 24.3 Å². The summed E-state index contributed by atoms with van der Waals surface area (Å²) in [7, 11) is 0. The summed E-state index contributed by atoms with van der Waals surface area (Å²) in [5.41, 5.74) is 2.04. The molecule has 0 aliphatic carbocycles. The van der Waals surface area contributed by atoms with Crippen LogP contribution in [0.4, 0.5) is 5.69 Å². The third-order valence-electron chi connectivity index (χ3n) is 4.63.